The number of sulfonamides is 1. The fourth-order valence-corrected chi connectivity index (χ4v) is 6.50. The Labute approximate surface area is 268 Å². The van der Waals surface area contributed by atoms with Gasteiger partial charge in [-0.3, -0.25) is 14.4 Å². The molecule has 0 bridgehead atoms. The van der Waals surface area contributed by atoms with Crippen LogP contribution in [0.3, 0.4) is 0 Å². The van der Waals surface area contributed by atoms with Gasteiger partial charge in [-0.25, -0.2) is 13.2 Å². The van der Waals surface area contributed by atoms with Crippen molar-refractivity contribution in [2.45, 2.75) is 58.7 Å². The molecule has 0 aromatic heterocycles. The number of hydrogen-bond acceptors (Lipinski definition) is 6. The number of rotatable bonds is 13. The van der Waals surface area contributed by atoms with Gasteiger partial charge in [0.1, 0.15) is 6.04 Å². The van der Waals surface area contributed by atoms with Crippen molar-refractivity contribution in [2.24, 2.45) is 0 Å². The van der Waals surface area contributed by atoms with Crippen molar-refractivity contribution in [3.63, 3.8) is 0 Å². The average molecular weight is 650 g/mol. The van der Waals surface area contributed by atoms with E-state index in [-0.39, 0.29) is 23.3 Å². The molecule has 3 aromatic carbocycles. The molecule has 0 spiro atoms. The van der Waals surface area contributed by atoms with Gasteiger partial charge in [-0.1, -0.05) is 49.7 Å². The second kappa shape index (κ2) is 14.1. The number of nitrogens with zero attached hydrogens (tertiary/aromatic N) is 1. The summed E-state index contributed by atoms with van der Waals surface area (Å²) in [6, 6.07) is 17.4. The topological polar surface area (TPSA) is 174 Å². The minimum atomic E-state index is -3.83. The molecule has 4 rings (SSSR count). The van der Waals surface area contributed by atoms with Crippen LogP contribution in [-0.4, -0.2) is 60.6 Å². The number of fused-ring (bicyclic) bond motifs is 1. The van der Waals surface area contributed by atoms with Gasteiger partial charge in [-0.15, -0.1) is 0 Å². The number of carboxylic acids is 1. The Kier molecular flexibility index (Phi) is 10.5. The van der Waals surface area contributed by atoms with Crippen molar-refractivity contribution in [3.05, 3.63) is 94.5 Å². The average Bonchev–Trinajstić information content (AvgIpc) is 3.35. The number of carbonyl (C=O) groups is 4. The van der Waals surface area contributed by atoms with E-state index in [0.29, 0.717) is 36.3 Å². The summed E-state index contributed by atoms with van der Waals surface area (Å²) in [5.41, 5.74) is 3.53. The Hall–Kier alpha value is -4.75. The molecule has 46 heavy (non-hydrogen) atoms. The number of hydrogen-bond donors (Lipinski definition) is 5. The first-order valence-corrected chi connectivity index (χ1v) is 16.6. The molecule has 1 atom stereocenters. The van der Waals surface area contributed by atoms with Gasteiger partial charge in [-0.2, -0.15) is 4.72 Å². The van der Waals surface area contributed by atoms with Crippen LogP contribution >= 0.6 is 0 Å². The summed E-state index contributed by atoms with van der Waals surface area (Å²) in [6.45, 7) is 7.38. The van der Waals surface area contributed by atoms with Crippen LogP contribution in [0.15, 0.2) is 66.7 Å². The summed E-state index contributed by atoms with van der Waals surface area (Å²) in [5.74, 6) is -2.55. The lowest BCUT2D eigenvalue weighted by Crippen LogP contribution is -2.49. The lowest BCUT2D eigenvalue weighted by molar-refractivity contribution is -0.138. The number of benzene rings is 3. The van der Waals surface area contributed by atoms with Crippen LogP contribution in [0, 0.1) is 6.92 Å². The van der Waals surface area contributed by atoms with Crippen molar-refractivity contribution < 1.29 is 32.7 Å². The van der Waals surface area contributed by atoms with Gasteiger partial charge in [0.2, 0.25) is 10.0 Å². The second-order valence-electron chi connectivity index (χ2n) is 11.7. The van der Waals surface area contributed by atoms with E-state index in [1.165, 1.54) is 6.07 Å². The molecule has 0 saturated carbocycles. The number of urea groups is 1. The molecular formula is C33H39N5O7S. The van der Waals surface area contributed by atoms with Crippen molar-refractivity contribution in [1.29, 1.82) is 0 Å². The Balaban J connectivity index is 1.40. The molecule has 0 fully saturated rings. The molecule has 0 radical (unpaired) electrons. The zero-order valence-corrected chi connectivity index (χ0v) is 27.0. The lowest BCUT2D eigenvalue weighted by atomic mass is 9.92. The van der Waals surface area contributed by atoms with Crippen LogP contribution in [0.25, 0.3) is 0 Å². The summed E-state index contributed by atoms with van der Waals surface area (Å²) >= 11 is 0. The van der Waals surface area contributed by atoms with E-state index in [1.54, 1.807) is 29.2 Å². The van der Waals surface area contributed by atoms with Crippen LogP contribution in [0.2, 0.25) is 0 Å². The van der Waals surface area contributed by atoms with Crippen LogP contribution in [-0.2, 0) is 26.9 Å². The normalized spacial score (nSPS) is 13.6. The van der Waals surface area contributed by atoms with Crippen LogP contribution in [0.4, 0.5) is 16.2 Å². The van der Waals surface area contributed by atoms with E-state index in [9.17, 15) is 32.7 Å². The fourth-order valence-electron chi connectivity index (χ4n) is 5.10. The summed E-state index contributed by atoms with van der Waals surface area (Å²) in [6.07, 6.45) is 1.00. The number of amides is 4. The van der Waals surface area contributed by atoms with Gasteiger partial charge in [0.05, 0.1) is 11.3 Å². The molecule has 0 unspecified atom stereocenters. The zero-order valence-electron chi connectivity index (χ0n) is 26.2. The van der Waals surface area contributed by atoms with E-state index in [2.05, 4.69) is 20.7 Å². The predicted molar refractivity (Wildman–Crippen MR) is 175 cm³/mol. The maximum absolute atomic E-state index is 13.6. The number of para-hydroxylation sites is 1. The molecular weight excluding hydrogens is 610 g/mol. The highest BCUT2D eigenvalue weighted by atomic mass is 32.2. The van der Waals surface area contributed by atoms with Gasteiger partial charge >= 0.3 is 12.0 Å². The van der Waals surface area contributed by atoms with Crippen LogP contribution in [0.1, 0.15) is 71.0 Å². The maximum Gasteiger partial charge on any atom is 0.323 e. The maximum atomic E-state index is 13.6. The molecule has 1 heterocycles. The Morgan fingerprint density at radius 1 is 1.00 bits per heavy atom. The monoisotopic (exact) mass is 649 g/mol. The van der Waals surface area contributed by atoms with Crippen molar-refractivity contribution >= 4 is 45.2 Å². The van der Waals surface area contributed by atoms with E-state index in [0.717, 1.165) is 16.7 Å². The Bertz CT molecular complexity index is 1740. The van der Waals surface area contributed by atoms with Gasteiger partial charge < -0.3 is 26.0 Å². The smallest absolute Gasteiger partial charge is 0.323 e. The Morgan fingerprint density at radius 2 is 1.70 bits per heavy atom. The second-order valence-corrected chi connectivity index (χ2v) is 13.6. The molecule has 3 aromatic rings. The fraction of sp³-hybridized carbons (Fsp3) is 0.333. The molecule has 12 nitrogen and oxygen atoms in total. The molecule has 5 N–H and O–H groups in total. The molecule has 1 aliphatic heterocycles. The van der Waals surface area contributed by atoms with Crippen molar-refractivity contribution in [1.82, 2.24) is 14.9 Å². The highest BCUT2D eigenvalue weighted by Crippen LogP contribution is 2.36. The van der Waals surface area contributed by atoms with Gasteiger partial charge in [0.25, 0.3) is 11.8 Å². The molecule has 1 aliphatic rings. The van der Waals surface area contributed by atoms with E-state index in [1.807, 2.05) is 64.1 Å². The number of aryl methyl sites for hydroxylation is 1. The molecule has 13 heteroatoms. The SMILES string of the molecule is CCCCS(=O)(=O)N[C@@H](CNC(=O)c1ccc2c(c1)C(=O)N(C(C)(C)c1ccc(NC(=O)Nc3ccccc3C)cc1)C2)C(=O)O. The third-order valence-electron chi connectivity index (χ3n) is 7.95. The van der Waals surface area contributed by atoms with Crippen LogP contribution in [0.5, 0.6) is 0 Å². The number of carbonyl (C=O) groups excluding carboxylic acids is 3. The first kappa shape index (κ1) is 34.1. The number of anilines is 2. The first-order valence-electron chi connectivity index (χ1n) is 14.9. The van der Waals surface area contributed by atoms with Crippen LogP contribution < -0.4 is 20.7 Å². The number of aliphatic carboxylic acids is 1. The van der Waals surface area contributed by atoms with E-state index >= 15 is 0 Å². The van der Waals surface area contributed by atoms with Crippen molar-refractivity contribution in [3.8, 4) is 0 Å². The van der Waals surface area contributed by atoms with Gasteiger partial charge in [0, 0.05) is 35.6 Å². The summed E-state index contributed by atoms with van der Waals surface area (Å²) in [5, 5.41) is 17.6. The number of nitrogens with one attached hydrogen (secondary N) is 4. The third-order valence-corrected chi connectivity index (χ3v) is 9.42. The molecule has 244 valence electrons. The third kappa shape index (κ3) is 8.09. The molecule has 4 amide bonds. The zero-order chi connectivity index (χ0) is 33.6. The quantitative estimate of drug-likeness (QED) is 0.182. The standard InChI is InChI=1S/C33H39N5O7S/c1-5-6-17-46(44,45)37-28(31(41)42)19-34-29(39)22-11-12-23-20-38(30(40)26(23)18-22)33(3,4)24-13-15-25(16-14-24)35-32(43)36-27-10-8-7-9-21(27)2/h7-16,18,28,37H,5-6,17,19-20H2,1-4H3,(H,34,39)(H,41,42)(H2,35,36,43)/t28-/m0/s1. The Morgan fingerprint density at radius 3 is 2.35 bits per heavy atom. The highest BCUT2D eigenvalue weighted by Gasteiger charge is 2.39. The minimum Gasteiger partial charge on any atom is -0.480 e. The summed E-state index contributed by atoms with van der Waals surface area (Å²) in [4.78, 5) is 52.3. The summed E-state index contributed by atoms with van der Waals surface area (Å²) in [7, 11) is -3.83. The highest BCUT2D eigenvalue weighted by molar-refractivity contribution is 7.89. The number of carboxylic acid groups (broad SMARTS) is 1. The minimum absolute atomic E-state index is 0.143. The lowest BCUT2D eigenvalue weighted by Gasteiger charge is -2.36. The molecule has 0 aliphatic carbocycles. The van der Waals surface area contributed by atoms with Gasteiger partial charge in [-0.05, 0) is 74.2 Å². The summed E-state index contributed by atoms with van der Waals surface area (Å²) < 4.78 is 26.5. The van der Waals surface area contributed by atoms with E-state index < -0.39 is 40.0 Å². The van der Waals surface area contributed by atoms with Crippen molar-refractivity contribution in [2.75, 3.05) is 22.9 Å². The van der Waals surface area contributed by atoms with E-state index in [4.69, 9.17) is 0 Å². The van der Waals surface area contributed by atoms with Gasteiger partial charge in [0.15, 0.2) is 0 Å². The first-order chi connectivity index (χ1) is 21.7. The largest absolute Gasteiger partial charge is 0.480 e. The molecule has 0 saturated heterocycles. The number of unbranched alkanes of at least 4 members (excludes halogenated alkanes) is 1. The predicted octanol–water partition coefficient (Wildman–Crippen LogP) is 4.43.